The number of hydrogen-bond donors (Lipinski definition) is 4. The number of nitrogens with zero attached hydrogens (tertiary/aromatic N) is 4. The van der Waals surface area contributed by atoms with E-state index in [0.717, 1.165) is 31.0 Å². The van der Waals surface area contributed by atoms with Crippen molar-refractivity contribution in [1.29, 1.82) is 0 Å². The summed E-state index contributed by atoms with van der Waals surface area (Å²) in [4.78, 5) is 20.7. The van der Waals surface area contributed by atoms with Crippen molar-refractivity contribution in [2.24, 2.45) is 4.99 Å². The van der Waals surface area contributed by atoms with Crippen LogP contribution in [0.5, 0.6) is 5.75 Å². The fourth-order valence-electron chi connectivity index (χ4n) is 3.01. The van der Waals surface area contributed by atoms with Gasteiger partial charge in [-0.1, -0.05) is 0 Å². The number of rotatable bonds is 5. The van der Waals surface area contributed by atoms with E-state index in [2.05, 4.69) is 31.0 Å². The van der Waals surface area contributed by atoms with Gasteiger partial charge in [-0.15, -0.1) is 24.0 Å². The molecule has 10 heteroatoms. The summed E-state index contributed by atoms with van der Waals surface area (Å²) in [6.45, 7) is 3.66. The second-order valence-corrected chi connectivity index (χ2v) is 6.44. The Hall–Kier alpha value is -2.37. The normalized spacial score (nSPS) is 15.9. The summed E-state index contributed by atoms with van der Waals surface area (Å²) in [5.41, 5.74) is 0.511. The molecule has 1 aliphatic rings. The summed E-state index contributed by atoms with van der Waals surface area (Å²) in [5.74, 6) is 2.49. The maximum absolute atomic E-state index is 12.0. The Morgan fingerprint density at radius 2 is 2.00 bits per heavy atom. The summed E-state index contributed by atoms with van der Waals surface area (Å²) in [5, 5.41) is 23.1. The molecule has 0 bridgehead atoms. The van der Waals surface area contributed by atoms with E-state index in [1.54, 1.807) is 19.2 Å². The highest BCUT2D eigenvalue weighted by molar-refractivity contribution is 14.0. The summed E-state index contributed by atoms with van der Waals surface area (Å²) in [6.07, 6.45) is 1.86. The van der Waals surface area contributed by atoms with Crippen molar-refractivity contribution >= 4 is 35.8 Å². The number of aromatic hydroxyl groups is 1. The predicted molar refractivity (Wildman–Crippen MR) is 117 cm³/mol. The van der Waals surface area contributed by atoms with E-state index in [1.165, 1.54) is 12.1 Å². The third-order valence-corrected chi connectivity index (χ3v) is 4.36. The van der Waals surface area contributed by atoms with Crippen LogP contribution in [0.25, 0.3) is 0 Å². The van der Waals surface area contributed by atoms with Gasteiger partial charge in [0.2, 0.25) is 0 Å². The van der Waals surface area contributed by atoms with Crippen LogP contribution in [0, 0.1) is 6.92 Å². The first kappa shape index (κ1) is 21.9. The number of carbonyl (C=O) groups is 1. The molecule has 2 aromatic rings. The molecular weight excluding hydrogens is 473 g/mol. The number of fused-ring (bicyclic) bond motifs is 1. The molecule has 3 rings (SSSR count). The summed E-state index contributed by atoms with van der Waals surface area (Å²) >= 11 is 0. The minimum atomic E-state index is -0.180. The molecule has 0 saturated carbocycles. The van der Waals surface area contributed by atoms with E-state index in [9.17, 15) is 9.90 Å². The first-order valence-electron chi connectivity index (χ1n) is 9.00. The quantitative estimate of drug-likeness (QED) is 0.210. The lowest BCUT2D eigenvalue weighted by Gasteiger charge is -2.25. The van der Waals surface area contributed by atoms with Gasteiger partial charge in [-0.05, 0) is 37.6 Å². The number of phenolic OH excluding ortho intramolecular Hbond substituents is 1. The third-order valence-electron chi connectivity index (χ3n) is 4.36. The van der Waals surface area contributed by atoms with Crippen LogP contribution < -0.4 is 16.0 Å². The fraction of sp³-hybridized carbons (Fsp3) is 0.444. The van der Waals surface area contributed by atoms with Crippen molar-refractivity contribution in [2.75, 3.05) is 20.1 Å². The van der Waals surface area contributed by atoms with Crippen molar-refractivity contribution in [3.8, 4) is 5.75 Å². The van der Waals surface area contributed by atoms with Gasteiger partial charge in [-0.2, -0.15) is 5.10 Å². The number of benzene rings is 1. The van der Waals surface area contributed by atoms with Gasteiger partial charge in [0.1, 0.15) is 17.4 Å². The molecular formula is C18H26IN7O2. The molecule has 0 aliphatic carbocycles. The summed E-state index contributed by atoms with van der Waals surface area (Å²) < 4.78 is 1.95. The van der Waals surface area contributed by atoms with E-state index in [1.807, 2.05) is 11.6 Å². The van der Waals surface area contributed by atoms with Crippen molar-refractivity contribution in [3.63, 3.8) is 0 Å². The predicted octanol–water partition coefficient (Wildman–Crippen LogP) is 0.820. The average molecular weight is 499 g/mol. The van der Waals surface area contributed by atoms with Crippen LogP contribution in [0.15, 0.2) is 29.3 Å². The van der Waals surface area contributed by atoms with Crippen LogP contribution in [0.3, 0.4) is 0 Å². The van der Waals surface area contributed by atoms with Crippen LogP contribution in [-0.4, -0.2) is 57.9 Å². The van der Waals surface area contributed by atoms with Gasteiger partial charge in [0.15, 0.2) is 5.96 Å². The van der Waals surface area contributed by atoms with Crippen LogP contribution >= 0.6 is 24.0 Å². The van der Waals surface area contributed by atoms with Crippen LogP contribution in [0.2, 0.25) is 0 Å². The Kier molecular flexibility index (Phi) is 8.03. The summed E-state index contributed by atoms with van der Waals surface area (Å²) in [7, 11) is 1.72. The van der Waals surface area contributed by atoms with Crippen molar-refractivity contribution in [3.05, 3.63) is 41.5 Å². The van der Waals surface area contributed by atoms with Crippen molar-refractivity contribution in [2.45, 2.75) is 32.4 Å². The minimum Gasteiger partial charge on any atom is -0.508 e. The maximum atomic E-state index is 12.0. The number of nitrogens with one attached hydrogen (secondary N) is 3. The zero-order valence-corrected chi connectivity index (χ0v) is 18.3. The van der Waals surface area contributed by atoms with Crippen LogP contribution in [-0.2, 0) is 13.0 Å². The molecule has 4 N–H and O–H groups in total. The first-order valence-corrected chi connectivity index (χ1v) is 9.00. The Labute approximate surface area is 181 Å². The lowest BCUT2D eigenvalue weighted by Crippen LogP contribution is -2.48. The number of hydrogen-bond acceptors (Lipinski definition) is 5. The standard InChI is InChI=1S/C18H25N7O2.HI/c1-12-22-16-8-5-14(11-25(16)24-12)23-18(19-2)21-10-9-20-17(27)13-3-6-15(26)7-4-13;/h3-4,6-7,14,26H,5,8-11H2,1-2H3,(H,20,27)(H2,19,21,23);1H. The van der Waals surface area contributed by atoms with Gasteiger partial charge in [-0.3, -0.25) is 9.79 Å². The smallest absolute Gasteiger partial charge is 0.251 e. The molecule has 0 fully saturated rings. The molecule has 9 nitrogen and oxygen atoms in total. The highest BCUT2D eigenvalue weighted by Crippen LogP contribution is 2.12. The minimum absolute atomic E-state index is 0. The number of guanidine groups is 1. The van der Waals surface area contributed by atoms with E-state index < -0.39 is 0 Å². The van der Waals surface area contributed by atoms with E-state index in [0.29, 0.717) is 24.6 Å². The topological polar surface area (TPSA) is 116 Å². The van der Waals surface area contributed by atoms with Crippen LogP contribution in [0.4, 0.5) is 0 Å². The molecule has 1 amide bonds. The van der Waals surface area contributed by atoms with E-state index >= 15 is 0 Å². The molecule has 0 radical (unpaired) electrons. The van der Waals surface area contributed by atoms with Crippen molar-refractivity contribution < 1.29 is 9.90 Å². The number of carbonyl (C=O) groups excluding carboxylic acids is 1. The van der Waals surface area contributed by atoms with Gasteiger partial charge in [0, 0.05) is 38.2 Å². The van der Waals surface area contributed by atoms with Gasteiger partial charge in [0.25, 0.3) is 5.91 Å². The Morgan fingerprint density at radius 3 is 2.71 bits per heavy atom. The first-order chi connectivity index (χ1) is 13.0. The van der Waals surface area contributed by atoms with Gasteiger partial charge in [-0.25, -0.2) is 9.67 Å². The number of aliphatic imine (C=N–C) groups is 1. The molecule has 1 aromatic carbocycles. The molecule has 152 valence electrons. The molecule has 1 unspecified atom stereocenters. The van der Waals surface area contributed by atoms with Crippen LogP contribution in [0.1, 0.15) is 28.4 Å². The molecule has 0 spiro atoms. The van der Waals surface area contributed by atoms with Gasteiger partial charge < -0.3 is 21.1 Å². The fourth-order valence-corrected chi connectivity index (χ4v) is 3.01. The molecule has 1 atom stereocenters. The van der Waals surface area contributed by atoms with Gasteiger partial charge in [0.05, 0.1) is 6.54 Å². The second-order valence-electron chi connectivity index (χ2n) is 6.44. The highest BCUT2D eigenvalue weighted by Gasteiger charge is 2.21. The molecule has 2 heterocycles. The SMILES string of the molecule is CN=C(NCCNC(=O)c1ccc(O)cc1)NC1CCc2nc(C)nn2C1.I. The molecule has 0 saturated heterocycles. The number of aryl methyl sites for hydroxylation is 2. The Balaban J connectivity index is 0.00000280. The highest BCUT2D eigenvalue weighted by atomic mass is 127. The zero-order valence-electron chi connectivity index (χ0n) is 16.0. The molecule has 28 heavy (non-hydrogen) atoms. The largest absolute Gasteiger partial charge is 0.508 e. The van der Waals surface area contributed by atoms with E-state index in [4.69, 9.17) is 0 Å². The Bertz CT molecular complexity index is 820. The average Bonchev–Trinajstić information content (AvgIpc) is 3.03. The number of phenols is 1. The number of aromatic nitrogens is 3. The van der Waals surface area contributed by atoms with Gasteiger partial charge >= 0.3 is 0 Å². The molecule has 1 aromatic heterocycles. The lowest BCUT2D eigenvalue weighted by molar-refractivity contribution is 0.0954. The number of amides is 1. The Morgan fingerprint density at radius 1 is 1.29 bits per heavy atom. The monoisotopic (exact) mass is 499 g/mol. The zero-order chi connectivity index (χ0) is 19.2. The number of halogens is 1. The summed E-state index contributed by atoms with van der Waals surface area (Å²) in [6, 6.07) is 6.39. The van der Waals surface area contributed by atoms with Crippen molar-refractivity contribution in [1.82, 2.24) is 30.7 Å². The molecule has 1 aliphatic heterocycles. The van der Waals surface area contributed by atoms with E-state index in [-0.39, 0.29) is 41.7 Å². The second kappa shape index (κ2) is 10.2. The maximum Gasteiger partial charge on any atom is 0.251 e. The third kappa shape index (κ3) is 5.81. The lowest BCUT2D eigenvalue weighted by atomic mass is 10.1.